The van der Waals surface area contributed by atoms with Crippen molar-refractivity contribution in [2.75, 3.05) is 6.54 Å². The van der Waals surface area contributed by atoms with E-state index in [1.165, 1.54) is 5.56 Å². The molecule has 1 aliphatic heterocycles. The van der Waals surface area contributed by atoms with Crippen LogP contribution < -0.4 is 0 Å². The third-order valence-corrected chi connectivity index (χ3v) is 4.76. The number of pyridine rings is 1. The van der Waals surface area contributed by atoms with Crippen molar-refractivity contribution in [1.29, 1.82) is 0 Å². The molecular formula is C23H24N2O. The number of aromatic nitrogens is 1. The van der Waals surface area contributed by atoms with Crippen LogP contribution in [0, 0.1) is 6.92 Å². The topological polar surface area (TPSA) is 33.2 Å². The van der Waals surface area contributed by atoms with Gasteiger partial charge in [-0.05, 0) is 54.2 Å². The molecule has 132 valence electrons. The molecule has 0 unspecified atom stereocenters. The number of benzene rings is 1. The van der Waals surface area contributed by atoms with Crippen molar-refractivity contribution in [3.63, 3.8) is 0 Å². The molecule has 0 atom stereocenters. The lowest BCUT2D eigenvalue weighted by Gasteiger charge is -2.28. The highest BCUT2D eigenvalue weighted by Gasteiger charge is 2.25. The standard InChI is InChI=1S/C23H24N2O/c1-4-6-8-18(5-2)20-10-11-21(17(3)15-20)16-25-14-12-19-9-7-13-24-22(19)23(25)26/h4-11,13,15H,2,12,14,16H2,1,3H3/b6-4-,18-8+. The fourth-order valence-corrected chi connectivity index (χ4v) is 3.23. The second-order valence-electron chi connectivity index (χ2n) is 6.48. The molecule has 0 radical (unpaired) electrons. The molecule has 0 aliphatic carbocycles. The minimum atomic E-state index is 0.0232. The highest BCUT2D eigenvalue weighted by molar-refractivity contribution is 5.94. The Kier molecular flexibility index (Phi) is 5.47. The van der Waals surface area contributed by atoms with Crippen LogP contribution in [0.4, 0.5) is 0 Å². The summed E-state index contributed by atoms with van der Waals surface area (Å²) in [4.78, 5) is 18.9. The van der Waals surface area contributed by atoms with Gasteiger partial charge >= 0.3 is 0 Å². The highest BCUT2D eigenvalue weighted by atomic mass is 16.2. The predicted molar refractivity (Wildman–Crippen MR) is 107 cm³/mol. The van der Waals surface area contributed by atoms with Crippen LogP contribution in [-0.2, 0) is 13.0 Å². The first-order valence-electron chi connectivity index (χ1n) is 8.92. The number of allylic oxidation sites excluding steroid dienone is 5. The zero-order valence-electron chi connectivity index (χ0n) is 15.4. The van der Waals surface area contributed by atoms with Crippen LogP contribution in [0.25, 0.3) is 5.57 Å². The quantitative estimate of drug-likeness (QED) is 0.734. The molecule has 3 heteroatoms. The van der Waals surface area contributed by atoms with E-state index in [-0.39, 0.29) is 5.91 Å². The summed E-state index contributed by atoms with van der Waals surface area (Å²) in [5.74, 6) is 0.0232. The second kappa shape index (κ2) is 7.96. The summed E-state index contributed by atoms with van der Waals surface area (Å²) in [7, 11) is 0. The smallest absolute Gasteiger partial charge is 0.273 e. The zero-order chi connectivity index (χ0) is 18.5. The van der Waals surface area contributed by atoms with Crippen LogP contribution >= 0.6 is 0 Å². The van der Waals surface area contributed by atoms with Gasteiger partial charge in [-0.2, -0.15) is 0 Å². The summed E-state index contributed by atoms with van der Waals surface area (Å²) in [5.41, 5.74) is 6.20. The number of fused-ring (bicyclic) bond motifs is 1. The van der Waals surface area contributed by atoms with Gasteiger partial charge in [0.15, 0.2) is 0 Å². The minimum Gasteiger partial charge on any atom is -0.333 e. The average molecular weight is 344 g/mol. The van der Waals surface area contributed by atoms with Crippen molar-refractivity contribution in [3.05, 3.63) is 95.4 Å². The van der Waals surface area contributed by atoms with E-state index in [4.69, 9.17) is 0 Å². The van der Waals surface area contributed by atoms with Gasteiger partial charge in [0.05, 0.1) is 0 Å². The Hall–Kier alpha value is -2.94. The van der Waals surface area contributed by atoms with Gasteiger partial charge in [-0.3, -0.25) is 9.78 Å². The van der Waals surface area contributed by atoms with E-state index in [1.807, 2.05) is 42.2 Å². The third kappa shape index (κ3) is 3.67. The number of hydrogen-bond acceptors (Lipinski definition) is 2. The third-order valence-electron chi connectivity index (χ3n) is 4.76. The van der Waals surface area contributed by atoms with Gasteiger partial charge < -0.3 is 4.90 Å². The monoisotopic (exact) mass is 344 g/mol. The van der Waals surface area contributed by atoms with Gasteiger partial charge in [0.1, 0.15) is 5.69 Å². The van der Waals surface area contributed by atoms with E-state index in [2.05, 4.69) is 42.8 Å². The van der Waals surface area contributed by atoms with Crippen molar-refractivity contribution < 1.29 is 4.79 Å². The van der Waals surface area contributed by atoms with Crippen LogP contribution in [0.2, 0.25) is 0 Å². The molecule has 0 saturated heterocycles. The molecule has 3 nitrogen and oxygen atoms in total. The van der Waals surface area contributed by atoms with Gasteiger partial charge in [0.2, 0.25) is 0 Å². The Morgan fingerprint density at radius 2 is 2.19 bits per heavy atom. The molecule has 0 bridgehead atoms. The van der Waals surface area contributed by atoms with Crippen molar-refractivity contribution in [1.82, 2.24) is 9.88 Å². The first-order valence-corrected chi connectivity index (χ1v) is 8.92. The molecule has 0 N–H and O–H groups in total. The molecule has 26 heavy (non-hydrogen) atoms. The molecular weight excluding hydrogens is 320 g/mol. The largest absolute Gasteiger partial charge is 0.333 e. The normalized spacial score (nSPS) is 14.6. The molecule has 2 heterocycles. The first kappa shape index (κ1) is 17.9. The SMILES string of the molecule is C=C/C(=C\C=C/C)c1ccc(CN2CCc3cccnc3C2=O)c(C)c1. The Morgan fingerprint density at radius 3 is 2.92 bits per heavy atom. The summed E-state index contributed by atoms with van der Waals surface area (Å²) in [5, 5.41) is 0. The number of amides is 1. The van der Waals surface area contributed by atoms with E-state index >= 15 is 0 Å². The summed E-state index contributed by atoms with van der Waals surface area (Å²) in [6.07, 6.45) is 10.5. The van der Waals surface area contributed by atoms with Crippen LogP contribution in [0.15, 0.2) is 67.4 Å². The van der Waals surface area contributed by atoms with Crippen molar-refractivity contribution in [2.24, 2.45) is 0 Å². The lowest BCUT2D eigenvalue weighted by Crippen LogP contribution is -2.37. The predicted octanol–water partition coefficient (Wildman–Crippen LogP) is 4.73. The Morgan fingerprint density at radius 1 is 1.35 bits per heavy atom. The average Bonchev–Trinajstić information content (AvgIpc) is 2.66. The van der Waals surface area contributed by atoms with Gasteiger partial charge in [0.25, 0.3) is 5.91 Å². The Labute approximate surface area is 155 Å². The minimum absolute atomic E-state index is 0.0232. The van der Waals surface area contributed by atoms with Gasteiger partial charge in [-0.1, -0.05) is 55.1 Å². The molecule has 1 aromatic heterocycles. The lowest BCUT2D eigenvalue weighted by molar-refractivity contribution is 0.0720. The Bertz CT molecular complexity index is 893. The maximum Gasteiger partial charge on any atom is 0.273 e. The molecule has 3 rings (SSSR count). The Balaban J connectivity index is 1.81. The molecule has 1 aliphatic rings. The molecule has 0 spiro atoms. The lowest BCUT2D eigenvalue weighted by atomic mass is 9.98. The fraction of sp³-hybridized carbons (Fsp3) is 0.217. The van der Waals surface area contributed by atoms with Crippen molar-refractivity contribution in [3.8, 4) is 0 Å². The molecule has 1 amide bonds. The number of nitrogens with zero attached hydrogens (tertiary/aromatic N) is 2. The van der Waals surface area contributed by atoms with Crippen LogP contribution in [0.1, 0.15) is 39.7 Å². The van der Waals surface area contributed by atoms with E-state index in [9.17, 15) is 4.79 Å². The number of carbonyl (C=O) groups is 1. The molecule has 0 saturated carbocycles. The van der Waals surface area contributed by atoms with Gasteiger partial charge in [-0.25, -0.2) is 0 Å². The van der Waals surface area contributed by atoms with E-state index in [1.54, 1.807) is 6.20 Å². The molecule has 2 aromatic rings. The number of rotatable bonds is 5. The highest BCUT2D eigenvalue weighted by Crippen LogP contribution is 2.23. The maximum absolute atomic E-state index is 12.7. The summed E-state index contributed by atoms with van der Waals surface area (Å²) < 4.78 is 0. The number of carbonyl (C=O) groups excluding carboxylic acids is 1. The van der Waals surface area contributed by atoms with Crippen LogP contribution in [0.3, 0.4) is 0 Å². The summed E-state index contributed by atoms with van der Waals surface area (Å²) in [6.45, 7) is 9.34. The first-order chi connectivity index (χ1) is 12.6. The fourth-order valence-electron chi connectivity index (χ4n) is 3.23. The van der Waals surface area contributed by atoms with Crippen LogP contribution in [-0.4, -0.2) is 22.3 Å². The van der Waals surface area contributed by atoms with Crippen molar-refractivity contribution in [2.45, 2.75) is 26.8 Å². The second-order valence-corrected chi connectivity index (χ2v) is 6.48. The zero-order valence-corrected chi connectivity index (χ0v) is 15.4. The molecule has 0 fully saturated rings. The molecule has 1 aromatic carbocycles. The van der Waals surface area contributed by atoms with E-state index < -0.39 is 0 Å². The maximum atomic E-state index is 12.7. The van der Waals surface area contributed by atoms with Crippen molar-refractivity contribution >= 4 is 11.5 Å². The van der Waals surface area contributed by atoms with E-state index in [0.717, 1.165) is 35.2 Å². The van der Waals surface area contributed by atoms with Gasteiger partial charge in [0, 0.05) is 19.3 Å². The van der Waals surface area contributed by atoms with E-state index in [0.29, 0.717) is 12.2 Å². The number of aryl methyl sites for hydroxylation is 1. The number of hydrogen-bond donors (Lipinski definition) is 0. The van der Waals surface area contributed by atoms with Crippen LogP contribution in [0.5, 0.6) is 0 Å². The summed E-state index contributed by atoms with van der Waals surface area (Å²) >= 11 is 0. The summed E-state index contributed by atoms with van der Waals surface area (Å²) in [6, 6.07) is 10.3. The van der Waals surface area contributed by atoms with Gasteiger partial charge in [-0.15, -0.1) is 0 Å².